The predicted molar refractivity (Wildman–Crippen MR) is 163 cm³/mol. The molecule has 0 aliphatic carbocycles. The Balaban J connectivity index is 1.13. The average molecular weight is 603 g/mol. The maximum absolute atomic E-state index is 14.3. The second-order valence-electron chi connectivity index (χ2n) is 10.5. The van der Waals surface area contributed by atoms with Crippen molar-refractivity contribution in [1.82, 2.24) is 14.9 Å². The number of halogens is 2. The minimum atomic E-state index is -0.881. The topological polar surface area (TPSA) is 134 Å². The number of nitrogens with zero attached hydrogens (tertiary/aromatic N) is 6. The van der Waals surface area contributed by atoms with E-state index in [0.29, 0.717) is 55.5 Å². The van der Waals surface area contributed by atoms with E-state index in [1.165, 1.54) is 24.3 Å². The minimum Gasteiger partial charge on any atom is -0.383 e. The molecule has 0 spiro atoms. The smallest absolute Gasteiger partial charge is 0.269 e. The lowest BCUT2D eigenvalue weighted by Crippen LogP contribution is -2.51. The molecule has 1 saturated heterocycles. The van der Waals surface area contributed by atoms with Gasteiger partial charge in [-0.1, -0.05) is 23.7 Å². The summed E-state index contributed by atoms with van der Waals surface area (Å²) in [5, 5.41) is 14.7. The number of piperazine rings is 1. The number of nitrogens with one attached hydrogen (secondary N) is 1. The number of nitro benzene ring substituents is 1. The van der Waals surface area contributed by atoms with Crippen LogP contribution in [0.25, 0.3) is 0 Å². The van der Waals surface area contributed by atoms with Gasteiger partial charge < -0.3 is 16.0 Å². The largest absolute Gasteiger partial charge is 0.383 e. The van der Waals surface area contributed by atoms with E-state index < -0.39 is 16.8 Å². The van der Waals surface area contributed by atoms with Gasteiger partial charge in [-0.05, 0) is 48.0 Å². The van der Waals surface area contributed by atoms with Crippen molar-refractivity contribution in [2.75, 3.05) is 53.7 Å². The number of hydrogen-bond acceptors (Lipinski definition) is 9. The molecule has 0 radical (unpaired) electrons. The lowest BCUT2D eigenvalue weighted by Gasteiger charge is -2.37. The highest BCUT2D eigenvalue weighted by atomic mass is 35.5. The zero-order valence-corrected chi connectivity index (χ0v) is 23.7. The van der Waals surface area contributed by atoms with Crippen LogP contribution in [0.2, 0.25) is 5.02 Å². The first-order valence-electron chi connectivity index (χ1n) is 13.7. The number of fused-ring (bicyclic) bond motifs is 1. The monoisotopic (exact) mass is 602 g/mol. The summed E-state index contributed by atoms with van der Waals surface area (Å²) in [6, 6.07) is 17.3. The third kappa shape index (κ3) is 6.06. The molecular formula is C30H28ClFN8O3. The van der Waals surface area contributed by atoms with E-state index in [4.69, 9.17) is 17.3 Å². The Labute approximate surface area is 251 Å². The third-order valence-electron chi connectivity index (χ3n) is 7.72. The average Bonchev–Trinajstić information content (AvgIpc) is 3.25. The second-order valence-corrected chi connectivity index (χ2v) is 10.9. The Morgan fingerprint density at radius 2 is 1.77 bits per heavy atom. The van der Waals surface area contributed by atoms with E-state index >= 15 is 0 Å². The number of hydrogen-bond donors (Lipinski definition) is 2. The molecule has 0 saturated carbocycles. The molecule has 1 fully saturated rings. The normalized spacial score (nSPS) is 16.8. The highest BCUT2D eigenvalue weighted by Crippen LogP contribution is 2.38. The zero-order chi connectivity index (χ0) is 30.1. The molecule has 43 heavy (non-hydrogen) atoms. The van der Waals surface area contributed by atoms with E-state index in [0.717, 1.165) is 16.8 Å². The Morgan fingerprint density at radius 3 is 2.44 bits per heavy atom. The Bertz CT molecular complexity index is 1660. The SMILES string of the molecule is Nc1nc(NC2C(=O)N(CN3CCN(c4ccc([N+](=O)[O-])cc4)CC3)c3ccc(F)cc32)ncc1Cc1ccc(Cl)cc1. The fraction of sp³-hybridized carbons (Fsp3) is 0.233. The fourth-order valence-electron chi connectivity index (χ4n) is 5.40. The van der Waals surface area contributed by atoms with Gasteiger partial charge in [0.05, 0.1) is 17.3 Å². The maximum Gasteiger partial charge on any atom is 0.269 e. The summed E-state index contributed by atoms with van der Waals surface area (Å²) < 4.78 is 14.3. The quantitative estimate of drug-likeness (QED) is 0.219. The number of rotatable bonds is 8. The first-order valence-corrected chi connectivity index (χ1v) is 14.1. The highest BCUT2D eigenvalue weighted by Gasteiger charge is 2.39. The molecule has 2 aliphatic rings. The van der Waals surface area contributed by atoms with Crippen molar-refractivity contribution in [3.63, 3.8) is 0 Å². The number of carbonyl (C=O) groups excluding carboxylic acids is 1. The number of carbonyl (C=O) groups is 1. The van der Waals surface area contributed by atoms with Crippen LogP contribution in [0, 0.1) is 15.9 Å². The van der Waals surface area contributed by atoms with E-state index in [2.05, 4.69) is 25.1 Å². The standard InChI is InChI=1S/C30H28ClFN8O3/c31-21-3-1-19(2-4-21)15-20-17-34-30(36-28(20)33)35-27-25-16-22(32)5-10-26(25)39(29(27)41)18-37-11-13-38(14-12-37)23-6-8-24(9-7-23)40(42)43/h1-10,16-17,27H,11-15,18H2,(H3,33,34,35,36). The van der Waals surface area contributed by atoms with Crippen molar-refractivity contribution >= 4 is 46.3 Å². The number of nitro groups is 1. The summed E-state index contributed by atoms with van der Waals surface area (Å²) in [6.07, 6.45) is 2.14. The van der Waals surface area contributed by atoms with Crippen LogP contribution in [0.3, 0.4) is 0 Å². The minimum absolute atomic E-state index is 0.0511. The van der Waals surface area contributed by atoms with Crippen LogP contribution < -0.4 is 20.9 Å². The molecule has 0 bridgehead atoms. The predicted octanol–water partition coefficient (Wildman–Crippen LogP) is 4.63. The number of nitrogen functional groups attached to an aromatic ring is 1. The number of amides is 1. The third-order valence-corrected chi connectivity index (χ3v) is 7.98. The summed E-state index contributed by atoms with van der Waals surface area (Å²) in [5.74, 6) is -0.244. The van der Waals surface area contributed by atoms with Gasteiger partial charge in [-0.25, -0.2) is 9.37 Å². The summed E-state index contributed by atoms with van der Waals surface area (Å²) in [7, 11) is 0. The number of non-ortho nitro benzene ring substituents is 1. The molecule has 2 aliphatic heterocycles. The first kappa shape index (κ1) is 28.3. The van der Waals surface area contributed by atoms with Gasteiger partial charge in [-0.3, -0.25) is 24.7 Å². The lowest BCUT2D eigenvalue weighted by molar-refractivity contribution is -0.384. The highest BCUT2D eigenvalue weighted by molar-refractivity contribution is 6.30. The molecule has 1 amide bonds. The van der Waals surface area contributed by atoms with Crippen molar-refractivity contribution in [2.24, 2.45) is 0 Å². The molecule has 3 N–H and O–H groups in total. The van der Waals surface area contributed by atoms with Gasteiger partial charge in [0.2, 0.25) is 5.95 Å². The van der Waals surface area contributed by atoms with Crippen LogP contribution >= 0.6 is 11.6 Å². The summed E-state index contributed by atoms with van der Waals surface area (Å²) in [6.45, 7) is 3.04. The van der Waals surface area contributed by atoms with Crippen LogP contribution in [0.4, 0.5) is 33.2 Å². The van der Waals surface area contributed by atoms with E-state index in [1.807, 2.05) is 12.1 Å². The van der Waals surface area contributed by atoms with Gasteiger partial charge in [0.15, 0.2) is 0 Å². The van der Waals surface area contributed by atoms with Crippen LogP contribution in [-0.4, -0.2) is 58.5 Å². The Morgan fingerprint density at radius 1 is 1.05 bits per heavy atom. The zero-order valence-electron chi connectivity index (χ0n) is 23.0. The van der Waals surface area contributed by atoms with Crippen molar-refractivity contribution < 1.29 is 14.1 Å². The molecule has 4 aromatic rings. The number of nitrogens with two attached hydrogens (primary N) is 1. The summed E-state index contributed by atoms with van der Waals surface area (Å²) in [5.41, 5.74) is 10.0. The van der Waals surface area contributed by atoms with Crippen LogP contribution in [-0.2, 0) is 11.2 Å². The Kier molecular flexibility index (Phi) is 7.78. The number of anilines is 4. The van der Waals surface area contributed by atoms with E-state index in [9.17, 15) is 19.3 Å². The molecule has 1 aromatic heterocycles. The molecule has 220 valence electrons. The van der Waals surface area contributed by atoms with Gasteiger partial charge in [-0.2, -0.15) is 4.98 Å². The molecule has 13 heteroatoms. The molecule has 1 atom stereocenters. The van der Waals surface area contributed by atoms with Gasteiger partial charge in [0.1, 0.15) is 17.7 Å². The maximum atomic E-state index is 14.3. The molecule has 3 heterocycles. The van der Waals surface area contributed by atoms with Crippen LogP contribution in [0.1, 0.15) is 22.7 Å². The second kappa shape index (κ2) is 11.8. The molecule has 6 rings (SSSR count). The number of aromatic nitrogens is 2. The van der Waals surface area contributed by atoms with Crippen molar-refractivity contribution in [3.05, 3.63) is 111 Å². The van der Waals surface area contributed by atoms with Crippen molar-refractivity contribution in [1.29, 1.82) is 0 Å². The van der Waals surface area contributed by atoms with Gasteiger partial charge in [0.25, 0.3) is 11.6 Å². The summed E-state index contributed by atoms with van der Waals surface area (Å²) in [4.78, 5) is 39.0. The van der Waals surface area contributed by atoms with Crippen molar-refractivity contribution in [2.45, 2.75) is 12.5 Å². The molecular weight excluding hydrogens is 575 g/mol. The van der Waals surface area contributed by atoms with Crippen LogP contribution in [0.15, 0.2) is 72.9 Å². The molecule has 3 aromatic carbocycles. The fourth-order valence-corrected chi connectivity index (χ4v) is 5.53. The van der Waals surface area contributed by atoms with Gasteiger partial charge in [-0.15, -0.1) is 0 Å². The van der Waals surface area contributed by atoms with Crippen molar-refractivity contribution in [3.8, 4) is 0 Å². The Hall–Kier alpha value is -4.81. The lowest BCUT2D eigenvalue weighted by atomic mass is 10.1. The first-order chi connectivity index (χ1) is 20.7. The van der Waals surface area contributed by atoms with Crippen LogP contribution in [0.5, 0.6) is 0 Å². The van der Waals surface area contributed by atoms with E-state index in [1.54, 1.807) is 41.4 Å². The number of benzene rings is 3. The van der Waals surface area contributed by atoms with Gasteiger partial charge in [0, 0.05) is 72.8 Å². The molecule has 11 nitrogen and oxygen atoms in total. The van der Waals surface area contributed by atoms with Gasteiger partial charge >= 0.3 is 0 Å². The molecule has 1 unspecified atom stereocenters. The summed E-state index contributed by atoms with van der Waals surface area (Å²) >= 11 is 5.98. The van der Waals surface area contributed by atoms with E-state index in [-0.39, 0.29) is 23.4 Å².